The summed E-state index contributed by atoms with van der Waals surface area (Å²) in [5.41, 5.74) is 1.18. The minimum Gasteiger partial charge on any atom is -0.495 e. The van der Waals surface area contributed by atoms with Crippen molar-refractivity contribution in [3.63, 3.8) is 0 Å². The number of hydrogen-bond acceptors (Lipinski definition) is 7. The molecule has 3 aromatic rings. The first-order valence-electron chi connectivity index (χ1n) is 11.0. The van der Waals surface area contributed by atoms with Crippen LogP contribution in [0.25, 0.3) is 0 Å². The van der Waals surface area contributed by atoms with Gasteiger partial charge in [0.1, 0.15) is 16.4 Å². The fourth-order valence-corrected chi connectivity index (χ4v) is 6.34. The molecule has 3 aromatic carbocycles. The zero-order valence-electron chi connectivity index (χ0n) is 20.0. The largest absolute Gasteiger partial charge is 0.495 e. The Morgan fingerprint density at radius 1 is 0.919 bits per heavy atom. The van der Waals surface area contributed by atoms with Gasteiger partial charge in [-0.15, -0.1) is 9.46 Å². The van der Waals surface area contributed by atoms with Gasteiger partial charge < -0.3 is 9.47 Å². The minimum absolute atomic E-state index is 0.00354. The van der Waals surface area contributed by atoms with Gasteiger partial charge in [-0.1, -0.05) is 54.1 Å². The molecule has 13 heteroatoms. The minimum atomic E-state index is -4.66. The Morgan fingerprint density at radius 3 is 2.19 bits per heavy atom. The fourth-order valence-electron chi connectivity index (χ4n) is 3.61. The Morgan fingerprint density at radius 2 is 1.57 bits per heavy atom. The number of rotatable bonds is 13. The van der Waals surface area contributed by atoms with Gasteiger partial charge in [0.15, 0.2) is 0 Å². The summed E-state index contributed by atoms with van der Waals surface area (Å²) in [5.74, 6) is 0.707. The first-order chi connectivity index (χ1) is 17.7. The first-order valence-corrected chi connectivity index (χ1v) is 14.5. The maximum Gasteiger partial charge on any atom is 0.399 e. The lowest BCUT2D eigenvalue weighted by Gasteiger charge is -2.25. The van der Waals surface area contributed by atoms with Crippen LogP contribution in [0.4, 0.5) is 9.05 Å². The Labute approximate surface area is 219 Å². The van der Waals surface area contributed by atoms with Crippen molar-refractivity contribution in [2.24, 2.45) is 0 Å². The van der Waals surface area contributed by atoms with E-state index in [0.29, 0.717) is 23.5 Å². The first kappa shape index (κ1) is 29.0. The monoisotopic (exact) mass is 575 g/mol. The van der Waals surface area contributed by atoms with Gasteiger partial charge in [0.2, 0.25) is 10.0 Å². The van der Waals surface area contributed by atoms with Crippen LogP contribution in [0.3, 0.4) is 0 Å². The van der Waals surface area contributed by atoms with Gasteiger partial charge in [-0.3, -0.25) is 4.57 Å². The predicted octanol–water partition coefficient (Wildman–Crippen LogP) is 6.63. The van der Waals surface area contributed by atoms with E-state index in [2.05, 4.69) is 9.46 Å². The van der Waals surface area contributed by atoms with Gasteiger partial charge in [-0.25, -0.2) is 8.42 Å². The Bertz CT molecular complexity index is 1370. The number of ether oxygens (including phenoxy) is 2. The van der Waals surface area contributed by atoms with Crippen LogP contribution in [-0.2, 0) is 43.3 Å². The van der Waals surface area contributed by atoms with Crippen LogP contribution in [-0.4, -0.2) is 26.4 Å². The zero-order valence-corrected chi connectivity index (χ0v) is 22.4. The Hall–Kier alpha value is -2.53. The van der Waals surface area contributed by atoms with Crippen molar-refractivity contribution < 1.29 is 41.0 Å². The molecule has 0 radical (unpaired) electrons. The van der Waals surface area contributed by atoms with Crippen molar-refractivity contribution >= 4 is 29.2 Å². The van der Waals surface area contributed by atoms with Gasteiger partial charge in [0.25, 0.3) is 0 Å². The van der Waals surface area contributed by atoms with E-state index in [1.807, 2.05) is 6.92 Å². The standard InChI is InChI=1S/C24H25ClF2NO7PS/c1-3-33-22-9-5-4-8-19(22)16-28(37(30,31)24-11-7-6-10-23(24)32-2)15-18-12-13-20(21(25)14-18)17-36(29,34-26)35-27/h4-14H,3,15-17H2,1-2H3. The molecule has 0 saturated carbocycles. The van der Waals surface area contributed by atoms with Gasteiger partial charge >= 0.3 is 7.60 Å². The molecular weight excluding hydrogens is 551 g/mol. The third-order valence-electron chi connectivity index (χ3n) is 5.36. The van der Waals surface area contributed by atoms with Gasteiger partial charge in [0.05, 0.1) is 19.9 Å². The van der Waals surface area contributed by atoms with E-state index >= 15 is 0 Å². The zero-order chi connectivity index (χ0) is 27.1. The molecule has 3 rings (SSSR count). The molecule has 0 aliphatic rings. The smallest absolute Gasteiger partial charge is 0.399 e. The van der Waals surface area contributed by atoms with Crippen molar-refractivity contribution in [3.05, 3.63) is 88.4 Å². The number of nitrogens with zero attached hydrogens (tertiary/aromatic N) is 1. The summed E-state index contributed by atoms with van der Waals surface area (Å²) < 4.78 is 82.9. The molecular formula is C24H25ClF2NO7PS. The molecule has 0 unspecified atom stereocenters. The molecule has 0 fully saturated rings. The Balaban J connectivity index is 2.02. The molecule has 0 amide bonds. The molecule has 0 heterocycles. The average molecular weight is 576 g/mol. The van der Waals surface area contributed by atoms with Gasteiger partial charge in [-0.2, -0.15) is 4.31 Å². The van der Waals surface area contributed by atoms with E-state index < -0.39 is 23.8 Å². The highest BCUT2D eigenvalue weighted by molar-refractivity contribution is 7.89. The summed E-state index contributed by atoms with van der Waals surface area (Å²) >= 11 is 6.25. The van der Waals surface area contributed by atoms with Gasteiger partial charge in [0, 0.05) is 23.7 Å². The lowest BCUT2D eigenvalue weighted by Crippen LogP contribution is -2.31. The Kier molecular flexibility index (Phi) is 10.1. The van der Waals surface area contributed by atoms with Crippen molar-refractivity contribution in [2.45, 2.75) is 31.1 Å². The number of hydrogen-bond donors (Lipinski definition) is 0. The van der Waals surface area contributed by atoms with Crippen LogP contribution in [0.15, 0.2) is 71.6 Å². The molecule has 0 aromatic heterocycles. The normalized spacial score (nSPS) is 12.1. The quantitative estimate of drug-likeness (QED) is 0.211. The van der Waals surface area contributed by atoms with Crippen molar-refractivity contribution in [2.75, 3.05) is 13.7 Å². The summed E-state index contributed by atoms with van der Waals surface area (Å²) in [6.07, 6.45) is -0.760. The fraction of sp³-hybridized carbons (Fsp3) is 0.250. The maximum atomic E-state index is 13.8. The lowest BCUT2D eigenvalue weighted by molar-refractivity contribution is -0.0881. The van der Waals surface area contributed by atoms with Crippen molar-refractivity contribution in [3.8, 4) is 11.5 Å². The molecule has 8 nitrogen and oxygen atoms in total. The lowest BCUT2D eigenvalue weighted by atomic mass is 10.1. The van der Waals surface area contributed by atoms with Crippen LogP contribution in [0.2, 0.25) is 5.02 Å². The summed E-state index contributed by atoms with van der Waals surface area (Å²) in [7, 11) is -7.39. The highest BCUT2D eigenvalue weighted by atomic mass is 35.5. The van der Waals surface area contributed by atoms with E-state index in [1.54, 1.807) is 42.5 Å². The van der Waals surface area contributed by atoms with Crippen molar-refractivity contribution in [1.29, 1.82) is 0 Å². The molecule has 0 bridgehead atoms. The molecule has 200 valence electrons. The molecule has 0 saturated heterocycles. The number of halogens is 3. The number of benzene rings is 3. The molecule has 0 spiro atoms. The third-order valence-corrected chi connectivity index (χ3v) is 8.69. The van der Waals surface area contributed by atoms with Crippen molar-refractivity contribution in [1.82, 2.24) is 4.31 Å². The molecule has 0 aliphatic heterocycles. The summed E-state index contributed by atoms with van der Waals surface area (Å²) in [6, 6.07) is 17.6. The predicted molar refractivity (Wildman–Crippen MR) is 134 cm³/mol. The van der Waals surface area contributed by atoms with Crippen LogP contribution in [0.5, 0.6) is 11.5 Å². The van der Waals surface area contributed by atoms with E-state index in [1.165, 1.54) is 35.7 Å². The average Bonchev–Trinajstić information content (AvgIpc) is 2.90. The summed E-state index contributed by atoms with van der Waals surface area (Å²) in [5, 5.41) is -0.00354. The van der Waals surface area contributed by atoms with E-state index in [0.717, 1.165) is 0 Å². The second-order valence-electron chi connectivity index (χ2n) is 7.80. The third kappa shape index (κ3) is 7.07. The molecule has 0 N–H and O–H groups in total. The molecule has 37 heavy (non-hydrogen) atoms. The maximum absolute atomic E-state index is 13.8. The number of para-hydroxylation sites is 2. The summed E-state index contributed by atoms with van der Waals surface area (Å²) in [6.45, 7) is 2.04. The van der Waals surface area contributed by atoms with Gasteiger partial charge in [-0.05, 0) is 51.4 Å². The SMILES string of the molecule is CCOc1ccccc1CN(Cc1ccc(CP(=O)(OF)OF)c(Cl)c1)S(=O)(=O)c1ccccc1OC. The van der Waals surface area contributed by atoms with Crippen LogP contribution in [0.1, 0.15) is 23.6 Å². The summed E-state index contributed by atoms with van der Waals surface area (Å²) in [4.78, 5) is -0.0322. The topological polar surface area (TPSA) is 91.4 Å². The second-order valence-corrected chi connectivity index (χ2v) is 11.9. The highest BCUT2D eigenvalue weighted by Crippen LogP contribution is 2.53. The molecule has 0 atom stereocenters. The highest BCUT2D eigenvalue weighted by Gasteiger charge is 2.31. The number of sulfonamides is 1. The van der Waals surface area contributed by atoms with Crippen LogP contribution < -0.4 is 9.47 Å². The van der Waals surface area contributed by atoms with Crippen LogP contribution in [0, 0.1) is 0 Å². The van der Waals surface area contributed by atoms with Crippen LogP contribution >= 0.6 is 19.2 Å². The molecule has 0 aliphatic carbocycles. The number of methoxy groups -OCH3 is 1. The van der Waals surface area contributed by atoms with E-state index in [4.69, 9.17) is 21.1 Å². The second kappa shape index (κ2) is 12.8. The van der Waals surface area contributed by atoms with E-state index in [9.17, 15) is 22.0 Å². The van der Waals surface area contributed by atoms with E-state index in [-0.39, 0.29) is 34.3 Å².